The van der Waals surface area contributed by atoms with E-state index in [4.69, 9.17) is 5.11 Å². The number of carboxylic acid groups (broad SMARTS) is 1. The van der Waals surface area contributed by atoms with E-state index in [2.05, 4.69) is 10.1 Å². The quantitative estimate of drug-likeness (QED) is 0.880. The number of rotatable bonds is 4. The third-order valence-corrected chi connectivity index (χ3v) is 2.02. The van der Waals surface area contributed by atoms with Gasteiger partial charge in [0.05, 0.1) is 0 Å². The number of aliphatic carboxylic acids is 1. The number of hydrogen-bond donors (Lipinski definition) is 2. The molecule has 0 fully saturated rings. The maximum Gasteiger partial charge on any atom is 0.573 e. The smallest absolute Gasteiger partial charge is 0.479 e. The van der Waals surface area contributed by atoms with E-state index in [9.17, 15) is 22.8 Å². The van der Waals surface area contributed by atoms with Gasteiger partial charge < -0.3 is 15.2 Å². The van der Waals surface area contributed by atoms with E-state index in [0.717, 1.165) is 19.1 Å². The van der Waals surface area contributed by atoms with Crippen molar-refractivity contribution in [1.29, 1.82) is 0 Å². The van der Waals surface area contributed by atoms with Crippen molar-refractivity contribution in [2.45, 2.75) is 19.3 Å². The molecule has 8 heteroatoms. The van der Waals surface area contributed by atoms with Crippen molar-refractivity contribution in [3.05, 3.63) is 29.8 Å². The Morgan fingerprint density at radius 3 is 2.47 bits per heavy atom. The molecule has 1 unspecified atom stereocenters. The van der Waals surface area contributed by atoms with Gasteiger partial charge in [0.25, 0.3) is 0 Å². The Bertz CT molecular complexity index is 487. The fraction of sp³-hybridized carbons (Fsp3) is 0.273. The summed E-state index contributed by atoms with van der Waals surface area (Å²) in [5.41, 5.74) is -0.0237. The number of alkyl halides is 3. The molecule has 0 aliphatic heterocycles. The molecule has 19 heavy (non-hydrogen) atoms. The van der Waals surface area contributed by atoms with E-state index in [0.29, 0.717) is 0 Å². The van der Waals surface area contributed by atoms with Crippen LogP contribution >= 0.6 is 0 Å². The minimum atomic E-state index is -4.87. The molecule has 1 aromatic rings. The molecule has 0 bridgehead atoms. The molecule has 0 aliphatic carbocycles. The van der Waals surface area contributed by atoms with Crippen LogP contribution in [0.2, 0.25) is 0 Å². The molecule has 1 aromatic carbocycles. The fourth-order valence-electron chi connectivity index (χ4n) is 1.38. The van der Waals surface area contributed by atoms with Crippen molar-refractivity contribution in [2.75, 3.05) is 0 Å². The zero-order chi connectivity index (χ0) is 14.6. The number of carboxylic acids is 1. The second-order valence-electron chi connectivity index (χ2n) is 3.59. The van der Waals surface area contributed by atoms with Crippen molar-refractivity contribution < 1.29 is 32.6 Å². The third-order valence-electron chi connectivity index (χ3n) is 2.02. The number of benzene rings is 1. The number of carbonyl (C=O) groups excluding carboxylic acids is 1. The highest BCUT2D eigenvalue weighted by Crippen LogP contribution is 2.25. The van der Waals surface area contributed by atoms with Gasteiger partial charge in [-0.3, -0.25) is 4.79 Å². The molecule has 1 atom stereocenters. The van der Waals surface area contributed by atoms with Gasteiger partial charge in [-0.25, -0.2) is 4.79 Å². The van der Waals surface area contributed by atoms with Gasteiger partial charge in [-0.05, 0) is 17.7 Å². The van der Waals surface area contributed by atoms with Crippen molar-refractivity contribution in [3.8, 4) is 5.75 Å². The minimum absolute atomic E-state index is 0.0237. The Hall–Kier alpha value is -2.25. The Morgan fingerprint density at radius 1 is 1.37 bits per heavy atom. The lowest BCUT2D eigenvalue weighted by molar-refractivity contribution is -0.274. The average molecular weight is 277 g/mol. The Morgan fingerprint density at radius 2 is 2.00 bits per heavy atom. The summed E-state index contributed by atoms with van der Waals surface area (Å²) >= 11 is 0. The molecular weight excluding hydrogens is 267 g/mol. The first-order valence-corrected chi connectivity index (χ1v) is 5.04. The largest absolute Gasteiger partial charge is 0.573 e. The van der Waals surface area contributed by atoms with Crippen LogP contribution in [0.3, 0.4) is 0 Å². The second kappa shape index (κ2) is 5.59. The minimum Gasteiger partial charge on any atom is -0.479 e. The van der Waals surface area contributed by atoms with Crippen LogP contribution in [0.4, 0.5) is 13.2 Å². The first-order valence-electron chi connectivity index (χ1n) is 5.04. The molecule has 5 nitrogen and oxygen atoms in total. The zero-order valence-electron chi connectivity index (χ0n) is 9.69. The van der Waals surface area contributed by atoms with E-state index in [1.807, 2.05) is 0 Å². The molecule has 0 spiro atoms. The molecule has 0 aliphatic rings. The zero-order valence-corrected chi connectivity index (χ0v) is 9.69. The summed E-state index contributed by atoms with van der Waals surface area (Å²) in [7, 11) is 0. The normalized spacial score (nSPS) is 12.6. The second-order valence-corrected chi connectivity index (χ2v) is 3.59. The van der Waals surface area contributed by atoms with Crippen LogP contribution < -0.4 is 10.1 Å². The lowest BCUT2D eigenvalue weighted by Gasteiger charge is -2.15. The molecule has 2 N–H and O–H groups in total. The number of ether oxygens (including phenoxy) is 1. The topological polar surface area (TPSA) is 75.6 Å². The molecule has 1 rings (SSSR count). The van der Waals surface area contributed by atoms with E-state index >= 15 is 0 Å². The predicted octanol–water partition coefficient (Wildman–Crippen LogP) is 1.85. The molecule has 1 amide bonds. The van der Waals surface area contributed by atoms with Gasteiger partial charge in [-0.1, -0.05) is 12.1 Å². The van der Waals surface area contributed by atoms with Crippen molar-refractivity contribution in [2.24, 2.45) is 0 Å². The Kier molecular flexibility index (Phi) is 4.36. The van der Waals surface area contributed by atoms with E-state index in [1.165, 1.54) is 12.1 Å². The monoisotopic (exact) mass is 277 g/mol. The van der Waals surface area contributed by atoms with E-state index in [-0.39, 0.29) is 5.56 Å². The molecule has 0 saturated heterocycles. The van der Waals surface area contributed by atoms with Crippen molar-refractivity contribution in [3.63, 3.8) is 0 Å². The van der Waals surface area contributed by atoms with Gasteiger partial charge in [-0.2, -0.15) is 0 Å². The summed E-state index contributed by atoms with van der Waals surface area (Å²) in [5.74, 6) is -2.56. The Balaban J connectivity index is 3.01. The van der Waals surface area contributed by atoms with Gasteiger partial charge in [0.2, 0.25) is 5.91 Å². The van der Waals surface area contributed by atoms with E-state index < -0.39 is 30.0 Å². The van der Waals surface area contributed by atoms with Gasteiger partial charge in [0.15, 0.2) is 6.04 Å². The number of halogens is 3. The lowest BCUT2D eigenvalue weighted by Crippen LogP contribution is -2.32. The van der Waals surface area contributed by atoms with Crippen LogP contribution in [-0.4, -0.2) is 23.3 Å². The maximum atomic E-state index is 12.0. The van der Waals surface area contributed by atoms with Gasteiger partial charge in [0.1, 0.15) is 5.75 Å². The van der Waals surface area contributed by atoms with E-state index in [1.54, 1.807) is 0 Å². The van der Waals surface area contributed by atoms with Crippen LogP contribution in [-0.2, 0) is 9.59 Å². The summed E-state index contributed by atoms with van der Waals surface area (Å²) < 4.78 is 39.8. The van der Waals surface area contributed by atoms with Crippen LogP contribution in [0.5, 0.6) is 5.75 Å². The molecule has 0 radical (unpaired) electrons. The molecule has 0 saturated carbocycles. The van der Waals surface area contributed by atoms with Gasteiger partial charge >= 0.3 is 12.3 Å². The highest BCUT2D eigenvalue weighted by Gasteiger charge is 2.31. The van der Waals surface area contributed by atoms with Gasteiger partial charge in [-0.15, -0.1) is 13.2 Å². The molecule has 0 aromatic heterocycles. The molecule has 0 heterocycles. The predicted molar refractivity (Wildman–Crippen MR) is 57.3 cm³/mol. The Labute approximate surface area is 106 Å². The van der Waals surface area contributed by atoms with Gasteiger partial charge in [0, 0.05) is 6.92 Å². The lowest BCUT2D eigenvalue weighted by atomic mass is 10.1. The van der Waals surface area contributed by atoms with Crippen molar-refractivity contribution in [1.82, 2.24) is 5.32 Å². The number of nitrogens with one attached hydrogen (secondary N) is 1. The summed E-state index contributed by atoms with van der Waals surface area (Å²) in [4.78, 5) is 21.8. The summed E-state index contributed by atoms with van der Waals surface area (Å²) in [6.07, 6.45) is -4.87. The van der Waals surface area contributed by atoms with Crippen LogP contribution in [0.25, 0.3) is 0 Å². The third kappa shape index (κ3) is 4.86. The summed E-state index contributed by atoms with van der Waals surface area (Å²) in [5, 5.41) is 11.0. The average Bonchev–Trinajstić information content (AvgIpc) is 2.23. The number of hydrogen-bond acceptors (Lipinski definition) is 3. The first kappa shape index (κ1) is 14.8. The molecule has 104 valence electrons. The highest BCUT2D eigenvalue weighted by molar-refractivity contribution is 5.83. The van der Waals surface area contributed by atoms with Crippen molar-refractivity contribution >= 4 is 11.9 Å². The number of amides is 1. The summed E-state index contributed by atoms with van der Waals surface area (Å²) in [6.45, 7) is 1.10. The summed E-state index contributed by atoms with van der Waals surface area (Å²) in [6, 6.07) is 2.98. The fourth-order valence-corrected chi connectivity index (χ4v) is 1.38. The van der Waals surface area contributed by atoms with Crippen LogP contribution in [0.15, 0.2) is 24.3 Å². The number of carbonyl (C=O) groups is 2. The van der Waals surface area contributed by atoms with Crippen LogP contribution in [0.1, 0.15) is 18.5 Å². The van der Waals surface area contributed by atoms with Crippen LogP contribution in [0, 0.1) is 0 Å². The SMILES string of the molecule is CC(=O)NC(C(=O)O)c1cccc(OC(F)(F)F)c1. The highest BCUT2D eigenvalue weighted by atomic mass is 19.4. The standard InChI is InChI=1S/C11H10F3NO4/c1-6(16)15-9(10(17)18)7-3-2-4-8(5-7)19-11(12,13)14/h2-5,9H,1H3,(H,15,16)(H,17,18). The molecular formula is C11H10F3NO4. The first-order chi connectivity index (χ1) is 8.69. The maximum absolute atomic E-state index is 12.0.